The Hall–Kier alpha value is -2.15. The maximum atomic E-state index is 11.1. The number of carbonyl (C=O) groups excluding carboxylic acids is 1. The van der Waals surface area contributed by atoms with E-state index in [0.717, 1.165) is 17.3 Å². The van der Waals surface area contributed by atoms with Gasteiger partial charge in [-0.25, -0.2) is 9.67 Å². The summed E-state index contributed by atoms with van der Waals surface area (Å²) in [5.74, 6) is 0.722. The zero-order valence-electron chi connectivity index (χ0n) is 11.2. The molecule has 7 heteroatoms. The molecule has 4 rings (SSSR count). The second kappa shape index (κ2) is 4.70. The van der Waals surface area contributed by atoms with E-state index in [1.165, 1.54) is 18.4 Å². The van der Waals surface area contributed by atoms with Crippen molar-refractivity contribution in [2.75, 3.05) is 0 Å². The third-order valence-corrected chi connectivity index (χ3v) is 3.88. The summed E-state index contributed by atoms with van der Waals surface area (Å²) in [6.45, 7) is 0.481. The number of hydrogen-bond acceptors (Lipinski definition) is 4. The van der Waals surface area contributed by atoms with Gasteiger partial charge in [0.1, 0.15) is 5.65 Å². The monoisotopic (exact) mass is 299 g/mol. The molecule has 0 N–H and O–H groups in total. The van der Waals surface area contributed by atoms with Crippen LogP contribution in [0.15, 0.2) is 30.7 Å². The van der Waals surface area contributed by atoms with Gasteiger partial charge in [-0.2, -0.15) is 0 Å². The molecule has 3 aromatic heterocycles. The summed E-state index contributed by atoms with van der Waals surface area (Å²) >= 11 is 3.73. The lowest BCUT2D eigenvalue weighted by Gasteiger charge is -1.98. The number of pyridine rings is 1. The Morgan fingerprint density at radius 2 is 2.14 bits per heavy atom. The van der Waals surface area contributed by atoms with E-state index in [9.17, 15) is 4.79 Å². The first-order valence-corrected chi connectivity index (χ1v) is 7.25. The van der Waals surface area contributed by atoms with Crippen LogP contribution < -0.4 is 0 Å². The van der Waals surface area contributed by atoms with Crippen molar-refractivity contribution >= 4 is 23.4 Å². The molecule has 1 aliphatic rings. The van der Waals surface area contributed by atoms with E-state index in [1.54, 1.807) is 10.9 Å². The van der Waals surface area contributed by atoms with Gasteiger partial charge in [-0.1, -0.05) is 23.9 Å². The Kier molecular flexibility index (Phi) is 2.81. The number of aromatic nitrogens is 5. The van der Waals surface area contributed by atoms with Crippen molar-refractivity contribution in [2.24, 2.45) is 0 Å². The van der Waals surface area contributed by atoms with E-state index >= 15 is 0 Å². The first kappa shape index (κ1) is 12.6. The molecule has 0 aromatic carbocycles. The molecule has 0 radical (unpaired) electrons. The van der Waals surface area contributed by atoms with Crippen LogP contribution in [0.1, 0.15) is 40.5 Å². The van der Waals surface area contributed by atoms with Crippen molar-refractivity contribution in [1.29, 1.82) is 0 Å². The lowest BCUT2D eigenvalue weighted by Crippen LogP contribution is -2.00. The molecule has 0 amide bonds. The molecule has 0 aliphatic heterocycles. The van der Waals surface area contributed by atoms with Crippen molar-refractivity contribution in [1.82, 2.24) is 24.4 Å². The van der Waals surface area contributed by atoms with Crippen LogP contribution in [0.5, 0.6) is 0 Å². The molecule has 3 aromatic rings. The number of imidazole rings is 1. The molecular formula is C14H13N5OS. The molecule has 106 valence electrons. The van der Waals surface area contributed by atoms with Crippen molar-refractivity contribution in [3.63, 3.8) is 0 Å². The summed E-state index contributed by atoms with van der Waals surface area (Å²) in [5.41, 5.74) is 3.42. The summed E-state index contributed by atoms with van der Waals surface area (Å²) in [7, 11) is 0. The van der Waals surface area contributed by atoms with Crippen LogP contribution in [0.4, 0.5) is 0 Å². The zero-order chi connectivity index (χ0) is 14.4. The predicted octanol–water partition coefficient (Wildman–Crippen LogP) is 1.92. The molecule has 1 saturated carbocycles. The fourth-order valence-corrected chi connectivity index (χ4v) is 2.54. The quantitative estimate of drug-likeness (QED) is 0.748. The highest BCUT2D eigenvalue weighted by Gasteiger charge is 2.23. The third kappa shape index (κ3) is 2.44. The Morgan fingerprint density at radius 3 is 2.86 bits per heavy atom. The van der Waals surface area contributed by atoms with Crippen LogP contribution in [0.3, 0.4) is 0 Å². The Morgan fingerprint density at radius 1 is 1.29 bits per heavy atom. The molecule has 21 heavy (non-hydrogen) atoms. The van der Waals surface area contributed by atoms with Gasteiger partial charge in [-0.05, 0) is 30.4 Å². The van der Waals surface area contributed by atoms with Gasteiger partial charge in [0.25, 0.3) is 0 Å². The Bertz CT molecular complexity index is 833. The smallest absolute Gasteiger partial charge is 0.238 e. The number of rotatable bonds is 4. The van der Waals surface area contributed by atoms with E-state index in [2.05, 4.69) is 40.2 Å². The first-order chi connectivity index (χ1) is 10.2. The molecule has 1 fully saturated rings. The minimum Gasteiger partial charge on any atom is -0.306 e. The van der Waals surface area contributed by atoms with Crippen LogP contribution in [-0.2, 0) is 6.54 Å². The van der Waals surface area contributed by atoms with Gasteiger partial charge in [-0.3, -0.25) is 4.79 Å². The highest BCUT2D eigenvalue weighted by atomic mass is 32.1. The van der Waals surface area contributed by atoms with Crippen molar-refractivity contribution in [2.45, 2.75) is 25.3 Å². The predicted molar refractivity (Wildman–Crippen MR) is 79.6 cm³/mol. The fourth-order valence-electron chi connectivity index (χ4n) is 2.44. The second-order valence-electron chi connectivity index (χ2n) is 5.34. The number of hydrogen-bond donors (Lipinski definition) is 1. The average Bonchev–Trinajstić information content (AvgIpc) is 3.07. The van der Waals surface area contributed by atoms with Crippen LogP contribution in [0.25, 0.3) is 5.65 Å². The fraction of sp³-hybridized carbons (Fsp3) is 0.286. The standard InChI is InChI=1S/C14H13N5OS/c20-14(21)12-8-19(17-16-12)7-11-6-18-5-10(9-1-2-9)3-4-13(18)15-11/h3-6,8-9H,1-2,7H2,(H,20,21). The Balaban J connectivity index is 1.61. The molecule has 0 atom stereocenters. The molecule has 0 unspecified atom stereocenters. The number of carbonyl (C=O) groups is 1. The molecule has 1 aliphatic carbocycles. The van der Waals surface area contributed by atoms with Gasteiger partial charge in [0.05, 0.1) is 18.4 Å². The van der Waals surface area contributed by atoms with Crippen molar-refractivity contribution < 1.29 is 4.79 Å². The number of nitrogens with zero attached hydrogens (tertiary/aromatic N) is 5. The molecule has 0 bridgehead atoms. The minimum atomic E-state index is -0.384. The number of fused-ring (bicyclic) bond motifs is 1. The van der Waals surface area contributed by atoms with Crippen molar-refractivity contribution in [3.8, 4) is 0 Å². The molecule has 6 nitrogen and oxygen atoms in total. The minimum absolute atomic E-state index is 0.248. The maximum absolute atomic E-state index is 11.1. The molecule has 3 heterocycles. The van der Waals surface area contributed by atoms with Gasteiger partial charge in [0.2, 0.25) is 5.12 Å². The SMILES string of the molecule is O=C(S)c1cn(Cc2cn3cc(C4CC4)ccc3n2)nn1. The van der Waals surface area contributed by atoms with Crippen molar-refractivity contribution in [3.05, 3.63) is 47.7 Å². The summed E-state index contributed by atoms with van der Waals surface area (Å²) in [5, 5.41) is 7.29. The van der Waals surface area contributed by atoms with Crippen LogP contribution in [0, 0.1) is 0 Å². The lowest BCUT2D eigenvalue weighted by atomic mass is 10.2. The first-order valence-electron chi connectivity index (χ1n) is 6.80. The average molecular weight is 299 g/mol. The summed E-state index contributed by atoms with van der Waals surface area (Å²) in [4.78, 5) is 15.6. The van der Waals surface area contributed by atoms with Crippen LogP contribution in [0.2, 0.25) is 0 Å². The lowest BCUT2D eigenvalue weighted by molar-refractivity contribution is 0.108. The molecule has 0 saturated heterocycles. The summed E-state index contributed by atoms with van der Waals surface area (Å²) < 4.78 is 3.64. The maximum Gasteiger partial charge on any atom is 0.238 e. The van der Waals surface area contributed by atoms with Crippen LogP contribution in [-0.4, -0.2) is 29.5 Å². The molecule has 0 spiro atoms. The van der Waals surface area contributed by atoms with Gasteiger partial charge in [0.15, 0.2) is 5.69 Å². The highest BCUT2D eigenvalue weighted by Crippen LogP contribution is 2.39. The van der Waals surface area contributed by atoms with E-state index < -0.39 is 0 Å². The molecular weight excluding hydrogens is 286 g/mol. The number of thiol groups is 1. The van der Waals surface area contributed by atoms with Gasteiger partial charge < -0.3 is 4.40 Å². The van der Waals surface area contributed by atoms with E-state index in [4.69, 9.17) is 0 Å². The Labute approximate surface area is 126 Å². The van der Waals surface area contributed by atoms with E-state index in [1.807, 2.05) is 16.7 Å². The van der Waals surface area contributed by atoms with Gasteiger partial charge in [-0.15, -0.1) is 5.10 Å². The topological polar surface area (TPSA) is 65.1 Å². The largest absolute Gasteiger partial charge is 0.306 e. The summed E-state index contributed by atoms with van der Waals surface area (Å²) in [6, 6.07) is 4.19. The van der Waals surface area contributed by atoms with Gasteiger partial charge in [0, 0.05) is 12.4 Å². The second-order valence-corrected chi connectivity index (χ2v) is 5.75. The highest BCUT2D eigenvalue weighted by molar-refractivity contribution is 7.97. The van der Waals surface area contributed by atoms with E-state index in [-0.39, 0.29) is 10.8 Å². The van der Waals surface area contributed by atoms with Crippen LogP contribution >= 0.6 is 12.6 Å². The summed E-state index contributed by atoms with van der Waals surface area (Å²) in [6.07, 6.45) is 8.28. The zero-order valence-corrected chi connectivity index (χ0v) is 12.1. The van der Waals surface area contributed by atoms with Gasteiger partial charge >= 0.3 is 0 Å². The van der Waals surface area contributed by atoms with E-state index in [0.29, 0.717) is 6.54 Å². The normalized spacial score (nSPS) is 14.7. The third-order valence-electron chi connectivity index (χ3n) is 3.65.